The molecule has 0 saturated heterocycles. The SMILES string of the molecule is O=C(CCCCCC(=O)N/N=C/c1cccs1)N/N=C/c1cccs1. The van der Waals surface area contributed by atoms with E-state index in [1.54, 1.807) is 35.1 Å². The molecule has 2 rings (SSSR count). The van der Waals surface area contributed by atoms with Crippen molar-refractivity contribution < 1.29 is 9.59 Å². The molecule has 0 aliphatic carbocycles. The second-order valence-corrected chi connectivity index (χ2v) is 7.14. The summed E-state index contributed by atoms with van der Waals surface area (Å²) in [5, 5.41) is 11.7. The van der Waals surface area contributed by atoms with Gasteiger partial charge < -0.3 is 0 Å². The Labute approximate surface area is 154 Å². The summed E-state index contributed by atoms with van der Waals surface area (Å²) in [7, 11) is 0. The maximum Gasteiger partial charge on any atom is 0.240 e. The Balaban J connectivity index is 1.48. The number of nitrogens with one attached hydrogen (secondary N) is 2. The number of unbranched alkanes of at least 4 members (excludes halogenated alkanes) is 2. The lowest BCUT2D eigenvalue weighted by molar-refractivity contribution is -0.121. The van der Waals surface area contributed by atoms with Crippen molar-refractivity contribution in [1.82, 2.24) is 10.9 Å². The minimum absolute atomic E-state index is 0.113. The average Bonchev–Trinajstić information content (AvgIpc) is 3.28. The predicted molar refractivity (Wildman–Crippen MR) is 103 cm³/mol. The maximum atomic E-state index is 11.6. The van der Waals surface area contributed by atoms with Gasteiger partial charge in [-0.3, -0.25) is 9.59 Å². The lowest BCUT2D eigenvalue weighted by Gasteiger charge is -2.01. The summed E-state index contributed by atoms with van der Waals surface area (Å²) < 4.78 is 0. The first-order valence-corrected chi connectivity index (χ1v) is 9.71. The zero-order valence-electron chi connectivity index (χ0n) is 13.7. The molecule has 2 aromatic heterocycles. The van der Waals surface area contributed by atoms with E-state index in [9.17, 15) is 9.59 Å². The molecule has 0 saturated carbocycles. The highest BCUT2D eigenvalue weighted by Crippen LogP contribution is 2.06. The third-order valence-electron chi connectivity index (χ3n) is 3.16. The molecule has 2 aromatic rings. The number of hydrazone groups is 2. The summed E-state index contributed by atoms with van der Waals surface area (Å²) in [6.07, 6.45) is 6.33. The van der Waals surface area contributed by atoms with Crippen molar-refractivity contribution in [1.29, 1.82) is 0 Å². The minimum atomic E-state index is -0.113. The Morgan fingerprint density at radius 1 is 0.840 bits per heavy atom. The van der Waals surface area contributed by atoms with E-state index in [0.717, 1.165) is 29.0 Å². The standard InChI is InChI=1S/C17H20N4O2S2/c22-16(20-18-12-14-6-4-10-24-14)8-2-1-3-9-17(23)21-19-13-15-7-5-11-25-15/h4-7,10-13H,1-3,8-9H2,(H,20,22)(H,21,23)/b18-12+,19-13+. The zero-order valence-corrected chi connectivity index (χ0v) is 15.3. The van der Waals surface area contributed by atoms with Gasteiger partial charge in [-0.25, -0.2) is 10.9 Å². The van der Waals surface area contributed by atoms with Crippen molar-refractivity contribution in [3.63, 3.8) is 0 Å². The van der Waals surface area contributed by atoms with Crippen LogP contribution in [0.1, 0.15) is 41.9 Å². The molecule has 0 unspecified atom stereocenters. The van der Waals surface area contributed by atoms with Gasteiger partial charge in [0.25, 0.3) is 0 Å². The van der Waals surface area contributed by atoms with Crippen LogP contribution < -0.4 is 10.9 Å². The Morgan fingerprint density at radius 2 is 1.32 bits per heavy atom. The fraction of sp³-hybridized carbons (Fsp3) is 0.294. The Kier molecular flexibility index (Phi) is 8.57. The van der Waals surface area contributed by atoms with E-state index >= 15 is 0 Å². The first kappa shape index (κ1) is 19.0. The lowest BCUT2D eigenvalue weighted by atomic mass is 10.1. The number of nitrogens with zero attached hydrogens (tertiary/aromatic N) is 2. The molecule has 0 atom stereocenters. The lowest BCUT2D eigenvalue weighted by Crippen LogP contribution is -2.18. The highest BCUT2D eigenvalue weighted by Gasteiger charge is 2.02. The van der Waals surface area contributed by atoms with Crippen molar-refractivity contribution in [3.05, 3.63) is 44.8 Å². The van der Waals surface area contributed by atoms with Crippen LogP contribution in [0.25, 0.3) is 0 Å². The molecule has 132 valence electrons. The van der Waals surface area contributed by atoms with E-state index in [2.05, 4.69) is 21.1 Å². The Bertz CT molecular complexity index is 634. The topological polar surface area (TPSA) is 82.9 Å². The van der Waals surface area contributed by atoms with Crippen LogP contribution in [0.15, 0.2) is 45.2 Å². The molecule has 2 amide bonds. The van der Waals surface area contributed by atoms with Crippen molar-refractivity contribution >= 4 is 46.9 Å². The molecule has 0 bridgehead atoms. The molecule has 8 heteroatoms. The summed E-state index contributed by atoms with van der Waals surface area (Å²) in [6.45, 7) is 0. The highest BCUT2D eigenvalue weighted by atomic mass is 32.1. The van der Waals surface area contributed by atoms with E-state index in [4.69, 9.17) is 0 Å². The van der Waals surface area contributed by atoms with Crippen molar-refractivity contribution in [2.45, 2.75) is 32.1 Å². The van der Waals surface area contributed by atoms with Crippen molar-refractivity contribution in [2.24, 2.45) is 10.2 Å². The molecule has 0 fully saturated rings. The van der Waals surface area contributed by atoms with Gasteiger partial charge >= 0.3 is 0 Å². The molecule has 0 spiro atoms. The van der Waals surface area contributed by atoms with Crippen molar-refractivity contribution in [2.75, 3.05) is 0 Å². The summed E-state index contributed by atoms with van der Waals surface area (Å²) in [4.78, 5) is 25.2. The van der Waals surface area contributed by atoms with E-state index in [0.29, 0.717) is 12.8 Å². The van der Waals surface area contributed by atoms with Gasteiger partial charge in [0.2, 0.25) is 11.8 Å². The van der Waals surface area contributed by atoms with Gasteiger partial charge in [-0.1, -0.05) is 18.6 Å². The average molecular weight is 377 g/mol. The van der Waals surface area contributed by atoms with E-state index in [-0.39, 0.29) is 11.8 Å². The zero-order chi connectivity index (χ0) is 17.7. The Hall–Kier alpha value is -2.32. The first-order chi connectivity index (χ1) is 12.2. The van der Waals surface area contributed by atoms with Gasteiger partial charge in [-0.05, 0) is 35.7 Å². The van der Waals surface area contributed by atoms with Crippen LogP contribution in [0.3, 0.4) is 0 Å². The molecule has 2 N–H and O–H groups in total. The number of carbonyl (C=O) groups is 2. The number of carbonyl (C=O) groups excluding carboxylic acids is 2. The molecule has 0 aliphatic rings. The normalized spacial score (nSPS) is 11.2. The summed E-state index contributed by atoms with van der Waals surface area (Å²) in [5.74, 6) is -0.226. The minimum Gasteiger partial charge on any atom is -0.273 e. The van der Waals surface area contributed by atoms with Crippen molar-refractivity contribution in [3.8, 4) is 0 Å². The maximum absolute atomic E-state index is 11.6. The molecular weight excluding hydrogens is 356 g/mol. The van der Waals surface area contributed by atoms with Crippen LogP contribution in [0.2, 0.25) is 0 Å². The van der Waals surface area contributed by atoms with Crippen LogP contribution in [-0.4, -0.2) is 24.2 Å². The molecule has 0 aliphatic heterocycles. The van der Waals surface area contributed by atoms with E-state index in [1.165, 1.54) is 0 Å². The second-order valence-electron chi connectivity index (χ2n) is 5.18. The van der Waals surface area contributed by atoms with Gasteiger partial charge in [-0.15, -0.1) is 22.7 Å². The monoisotopic (exact) mass is 376 g/mol. The molecule has 6 nitrogen and oxygen atoms in total. The van der Waals surface area contributed by atoms with E-state index in [1.807, 2.05) is 35.0 Å². The smallest absolute Gasteiger partial charge is 0.240 e. The van der Waals surface area contributed by atoms with Gasteiger partial charge in [-0.2, -0.15) is 10.2 Å². The molecule has 0 radical (unpaired) electrons. The van der Waals surface area contributed by atoms with Crippen LogP contribution >= 0.6 is 22.7 Å². The third kappa shape index (κ3) is 8.37. The molecule has 25 heavy (non-hydrogen) atoms. The second kappa shape index (κ2) is 11.3. The summed E-state index contributed by atoms with van der Waals surface area (Å²) in [6, 6.07) is 7.71. The molecule has 0 aromatic carbocycles. The van der Waals surface area contributed by atoms with Crippen LogP contribution in [-0.2, 0) is 9.59 Å². The predicted octanol–water partition coefficient (Wildman–Crippen LogP) is 3.36. The number of thiophene rings is 2. The van der Waals surface area contributed by atoms with Gasteiger partial charge in [0, 0.05) is 22.6 Å². The number of hydrogen-bond acceptors (Lipinski definition) is 6. The van der Waals surface area contributed by atoms with Crippen LogP contribution in [0, 0.1) is 0 Å². The first-order valence-electron chi connectivity index (χ1n) is 7.95. The summed E-state index contributed by atoms with van der Waals surface area (Å²) in [5.41, 5.74) is 5.00. The highest BCUT2D eigenvalue weighted by molar-refractivity contribution is 7.12. The molecular formula is C17H20N4O2S2. The quantitative estimate of drug-likeness (QED) is 0.379. The number of hydrogen-bond donors (Lipinski definition) is 2. The number of amides is 2. The third-order valence-corrected chi connectivity index (χ3v) is 4.77. The van der Waals surface area contributed by atoms with Gasteiger partial charge in [0.15, 0.2) is 0 Å². The number of rotatable bonds is 10. The van der Waals surface area contributed by atoms with Crippen LogP contribution in [0.5, 0.6) is 0 Å². The largest absolute Gasteiger partial charge is 0.273 e. The fourth-order valence-corrected chi connectivity index (χ4v) is 3.09. The van der Waals surface area contributed by atoms with E-state index < -0.39 is 0 Å². The van der Waals surface area contributed by atoms with Gasteiger partial charge in [0.1, 0.15) is 0 Å². The van der Waals surface area contributed by atoms with Gasteiger partial charge in [0.05, 0.1) is 12.4 Å². The summed E-state index contributed by atoms with van der Waals surface area (Å²) >= 11 is 3.12. The Morgan fingerprint density at radius 3 is 1.72 bits per heavy atom. The molecule has 2 heterocycles. The van der Waals surface area contributed by atoms with Crippen LogP contribution in [0.4, 0.5) is 0 Å². The fourth-order valence-electron chi connectivity index (χ4n) is 1.92.